The fourth-order valence-corrected chi connectivity index (χ4v) is 2.40. The maximum absolute atomic E-state index is 12.9. The Morgan fingerprint density at radius 2 is 1.41 bits per heavy atom. The van der Waals surface area contributed by atoms with E-state index < -0.39 is 29.6 Å². The van der Waals surface area contributed by atoms with E-state index >= 15 is 0 Å². The number of nitrogens with one attached hydrogen (secondary N) is 1. The van der Waals surface area contributed by atoms with E-state index in [1.807, 2.05) is 0 Å². The van der Waals surface area contributed by atoms with E-state index in [1.165, 1.54) is 24.3 Å². The van der Waals surface area contributed by atoms with Crippen LogP contribution in [0.4, 0.5) is 18.9 Å². The second-order valence-corrected chi connectivity index (χ2v) is 5.77. The van der Waals surface area contributed by atoms with Gasteiger partial charge in [0.15, 0.2) is 0 Å². The van der Waals surface area contributed by atoms with Gasteiger partial charge in [0, 0.05) is 11.3 Å². The number of hydrogen-bond donors (Lipinski definition) is 1. The lowest BCUT2D eigenvalue weighted by Gasteiger charge is -2.12. The number of esters is 2. The molecule has 0 radical (unpaired) electrons. The molecule has 0 saturated carbocycles. The van der Waals surface area contributed by atoms with Gasteiger partial charge in [0.25, 0.3) is 5.91 Å². The SMILES string of the molecule is CCOC(=O)c1cc(NC(=O)c2cccc(C(F)(F)F)c2)cc(C(=O)OCC)c1. The van der Waals surface area contributed by atoms with Gasteiger partial charge in [0.05, 0.1) is 29.9 Å². The van der Waals surface area contributed by atoms with Crippen molar-refractivity contribution in [2.45, 2.75) is 20.0 Å². The van der Waals surface area contributed by atoms with E-state index in [2.05, 4.69) is 5.32 Å². The summed E-state index contributed by atoms with van der Waals surface area (Å²) in [7, 11) is 0. The largest absolute Gasteiger partial charge is 0.462 e. The normalized spacial score (nSPS) is 10.9. The van der Waals surface area contributed by atoms with Gasteiger partial charge in [-0.25, -0.2) is 9.59 Å². The molecule has 9 heteroatoms. The average molecular weight is 409 g/mol. The molecule has 0 aromatic heterocycles. The summed E-state index contributed by atoms with van der Waals surface area (Å²) in [5.41, 5.74) is -1.22. The Morgan fingerprint density at radius 1 is 0.862 bits per heavy atom. The molecule has 0 bridgehead atoms. The summed E-state index contributed by atoms with van der Waals surface area (Å²) in [6, 6.07) is 7.63. The van der Waals surface area contributed by atoms with E-state index in [1.54, 1.807) is 13.8 Å². The number of benzene rings is 2. The fraction of sp³-hybridized carbons (Fsp3) is 0.250. The number of ether oxygens (including phenoxy) is 2. The number of hydrogen-bond acceptors (Lipinski definition) is 5. The second-order valence-electron chi connectivity index (χ2n) is 5.77. The molecule has 0 spiro atoms. The number of halogens is 3. The Balaban J connectivity index is 2.36. The Morgan fingerprint density at radius 3 is 1.90 bits per heavy atom. The van der Waals surface area contributed by atoms with Gasteiger partial charge >= 0.3 is 18.1 Å². The van der Waals surface area contributed by atoms with Crippen molar-refractivity contribution in [2.24, 2.45) is 0 Å². The van der Waals surface area contributed by atoms with Crippen LogP contribution in [-0.2, 0) is 15.7 Å². The molecule has 2 rings (SSSR count). The predicted octanol–water partition coefficient (Wildman–Crippen LogP) is 4.31. The van der Waals surface area contributed by atoms with E-state index in [-0.39, 0.29) is 35.6 Å². The van der Waals surface area contributed by atoms with Gasteiger partial charge < -0.3 is 14.8 Å². The molecule has 0 saturated heterocycles. The van der Waals surface area contributed by atoms with Gasteiger partial charge in [-0.3, -0.25) is 4.79 Å². The fourth-order valence-electron chi connectivity index (χ4n) is 2.40. The highest BCUT2D eigenvalue weighted by Crippen LogP contribution is 2.29. The smallest absolute Gasteiger partial charge is 0.416 e. The third-order valence-electron chi connectivity index (χ3n) is 3.67. The average Bonchev–Trinajstić information content (AvgIpc) is 2.67. The first-order valence-corrected chi connectivity index (χ1v) is 8.63. The molecule has 6 nitrogen and oxygen atoms in total. The monoisotopic (exact) mass is 409 g/mol. The molecule has 0 aliphatic carbocycles. The first-order chi connectivity index (χ1) is 13.7. The molecule has 154 valence electrons. The number of carbonyl (C=O) groups is 3. The Bertz CT molecular complexity index is 888. The summed E-state index contributed by atoms with van der Waals surface area (Å²) in [5, 5.41) is 2.39. The van der Waals surface area contributed by atoms with Crippen LogP contribution in [0.25, 0.3) is 0 Å². The van der Waals surface area contributed by atoms with Gasteiger partial charge in [0.2, 0.25) is 0 Å². The van der Waals surface area contributed by atoms with Gasteiger partial charge in [-0.15, -0.1) is 0 Å². The summed E-state index contributed by atoms with van der Waals surface area (Å²) >= 11 is 0. The summed E-state index contributed by atoms with van der Waals surface area (Å²) < 4.78 is 48.3. The summed E-state index contributed by atoms with van der Waals surface area (Å²) in [6.07, 6.45) is -4.60. The van der Waals surface area contributed by atoms with Crippen LogP contribution in [0.15, 0.2) is 42.5 Å². The Kier molecular flexibility index (Phi) is 6.98. The topological polar surface area (TPSA) is 81.7 Å². The van der Waals surface area contributed by atoms with E-state index in [4.69, 9.17) is 9.47 Å². The highest BCUT2D eigenvalue weighted by Gasteiger charge is 2.31. The van der Waals surface area contributed by atoms with Crippen LogP contribution in [0, 0.1) is 0 Å². The minimum atomic E-state index is -4.60. The minimum absolute atomic E-state index is 0.0169. The van der Waals surface area contributed by atoms with E-state index in [0.717, 1.165) is 12.1 Å². The molecule has 0 fully saturated rings. The number of anilines is 1. The zero-order valence-electron chi connectivity index (χ0n) is 15.6. The van der Waals surface area contributed by atoms with Crippen molar-refractivity contribution in [1.29, 1.82) is 0 Å². The molecular weight excluding hydrogens is 391 g/mol. The first-order valence-electron chi connectivity index (χ1n) is 8.63. The summed E-state index contributed by atoms with van der Waals surface area (Å²) in [5.74, 6) is -2.30. The number of alkyl halides is 3. The van der Waals surface area contributed by atoms with Crippen LogP contribution in [0.1, 0.15) is 50.5 Å². The van der Waals surface area contributed by atoms with Crippen LogP contribution in [0.5, 0.6) is 0 Å². The Hall–Kier alpha value is -3.36. The highest BCUT2D eigenvalue weighted by atomic mass is 19.4. The molecule has 0 aliphatic heterocycles. The van der Waals surface area contributed by atoms with Gasteiger partial charge in [-0.2, -0.15) is 13.2 Å². The van der Waals surface area contributed by atoms with Crippen molar-refractivity contribution in [3.05, 3.63) is 64.7 Å². The molecule has 29 heavy (non-hydrogen) atoms. The molecule has 2 aromatic carbocycles. The van der Waals surface area contributed by atoms with Gasteiger partial charge in [-0.05, 0) is 50.2 Å². The minimum Gasteiger partial charge on any atom is -0.462 e. The number of amides is 1. The number of rotatable bonds is 6. The van der Waals surface area contributed by atoms with Crippen molar-refractivity contribution in [3.63, 3.8) is 0 Å². The van der Waals surface area contributed by atoms with Gasteiger partial charge in [0.1, 0.15) is 0 Å². The zero-order chi connectivity index (χ0) is 21.6. The molecule has 1 amide bonds. The summed E-state index contributed by atoms with van der Waals surface area (Å²) in [4.78, 5) is 36.5. The quantitative estimate of drug-likeness (QED) is 0.719. The van der Waals surface area contributed by atoms with Crippen LogP contribution in [-0.4, -0.2) is 31.1 Å². The third-order valence-corrected chi connectivity index (χ3v) is 3.67. The number of carbonyl (C=O) groups excluding carboxylic acids is 3. The Labute approximate surface area is 164 Å². The second kappa shape index (κ2) is 9.22. The molecule has 0 atom stereocenters. The zero-order valence-corrected chi connectivity index (χ0v) is 15.6. The van der Waals surface area contributed by atoms with Crippen molar-refractivity contribution < 1.29 is 37.0 Å². The highest BCUT2D eigenvalue weighted by molar-refractivity contribution is 6.06. The lowest BCUT2D eigenvalue weighted by atomic mass is 10.1. The van der Waals surface area contributed by atoms with Crippen molar-refractivity contribution in [2.75, 3.05) is 18.5 Å². The third kappa shape index (κ3) is 5.81. The predicted molar refractivity (Wildman–Crippen MR) is 97.8 cm³/mol. The van der Waals surface area contributed by atoms with Gasteiger partial charge in [-0.1, -0.05) is 6.07 Å². The first kappa shape index (κ1) is 21.9. The standard InChI is InChI=1S/C20H18F3NO5/c1-3-28-18(26)13-8-14(19(27)29-4-2)11-16(10-13)24-17(25)12-6-5-7-15(9-12)20(21,22)23/h5-11H,3-4H2,1-2H3,(H,24,25). The molecular formula is C20H18F3NO5. The van der Waals surface area contributed by atoms with E-state index in [9.17, 15) is 27.6 Å². The molecule has 2 aromatic rings. The lowest BCUT2D eigenvalue weighted by Crippen LogP contribution is -2.16. The molecule has 0 aliphatic rings. The van der Waals surface area contributed by atoms with Crippen LogP contribution in [0.3, 0.4) is 0 Å². The lowest BCUT2D eigenvalue weighted by molar-refractivity contribution is -0.137. The van der Waals surface area contributed by atoms with Crippen molar-refractivity contribution >= 4 is 23.5 Å². The maximum atomic E-state index is 12.9. The molecule has 0 heterocycles. The van der Waals surface area contributed by atoms with Crippen LogP contribution >= 0.6 is 0 Å². The molecule has 0 unspecified atom stereocenters. The van der Waals surface area contributed by atoms with Crippen molar-refractivity contribution in [3.8, 4) is 0 Å². The maximum Gasteiger partial charge on any atom is 0.416 e. The van der Waals surface area contributed by atoms with Crippen LogP contribution < -0.4 is 5.32 Å². The molecule has 1 N–H and O–H groups in total. The summed E-state index contributed by atoms with van der Waals surface area (Å²) in [6.45, 7) is 3.38. The van der Waals surface area contributed by atoms with E-state index in [0.29, 0.717) is 6.07 Å². The van der Waals surface area contributed by atoms with Crippen LogP contribution in [0.2, 0.25) is 0 Å². The van der Waals surface area contributed by atoms with Crippen molar-refractivity contribution in [1.82, 2.24) is 0 Å².